The lowest BCUT2D eigenvalue weighted by Crippen LogP contribution is -2.67. The number of nitrogens with zero attached hydrogens (tertiary/aromatic N) is 2. The standard InChI is InChI=1S/C33H41N5O6/c1-37(2)12-6-11-36-16-17-7-5-8-18(13-17)20-9-10-23(39)25-21(20)14-19-15-22-27(38(3)4)29(41)26(32(35)43)30(34)33(22,44)31(42)24(19)28(25)40/h5,7-10,13,19,22,27,34,36,39-41,44H,6,11-12,14-16H2,1-4H3,(H2,35,43)/t19-,22-,27-,33+/m0/s1. The van der Waals surface area contributed by atoms with Crippen LogP contribution in [0.15, 0.2) is 53.3 Å². The number of rotatable bonds is 9. The molecule has 3 aliphatic rings. The number of likely N-dealkylation sites (N-methyl/N-ethyl adjacent to an activating group) is 1. The van der Waals surface area contributed by atoms with Crippen LogP contribution in [0.1, 0.15) is 29.5 Å². The molecule has 0 unspecified atom stereocenters. The number of nitrogens with one attached hydrogen (secondary N) is 2. The molecule has 234 valence electrons. The van der Waals surface area contributed by atoms with Gasteiger partial charge in [0.15, 0.2) is 5.60 Å². The molecule has 0 aliphatic heterocycles. The number of primary amides is 1. The van der Waals surface area contributed by atoms with E-state index in [1.165, 1.54) is 6.07 Å². The Morgan fingerprint density at radius 2 is 1.86 bits per heavy atom. The zero-order valence-corrected chi connectivity index (χ0v) is 25.5. The Balaban J connectivity index is 1.55. The number of ketones is 1. The van der Waals surface area contributed by atoms with Crippen molar-refractivity contribution in [1.29, 1.82) is 5.41 Å². The van der Waals surface area contributed by atoms with E-state index in [2.05, 4.69) is 16.3 Å². The smallest absolute Gasteiger partial charge is 0.254 e. The van der Waals surface area contributed by atoms with Gasteiger partial charge in [0.25, 0.3) is 5.91 Å². The largest absolute Gasteiger partial charge is 0.510 e. The van der Waals surface area contributed by atoms with Gasteiger partial charge in [-0.1, -0.05) is 24.3 Å². The number of aliphatic hydroxyl groups is 3. The van der Waals surface area contributed by atoms with E-state index < -0.39 is 58.0 Å². The summed E-state index contributed by atoms with van der Waals surface area (Å²) in [7, 11) is 7.36. The first-order valence-electron chi connectivity index (χ1n) is 14.8. The van der Waals surface area contributed by atoms with Crippen molar-refractivity contribution in [2.45, 2.75) is 37.5 Å². The summed E-state index contributed by atoms with van der Waals surface area (Å²) in [5.74, 6) is -4.79. The Labute approximate surface area is 256 Å². The predicted molar refractivity (Wildman–Crippen MR) is 167 cm³/mol. The highest BCUT2D eigenvalue weighted by atomic mass is 16.3. The third-order valence-corrected chi connectivity index (χ3v) is 9.18. The number of fused-ring (bicyclic) bond motifs is 3. The van der Waals surface area contributed by atoms with Gasteiger partial charge in [-0.15, -0.1) is 0 Å². The number of amides is 1. The van der Waals surface area contributed by atoms with Crippen LogP contribution in [0.4, 0.5) is 0 Å². The van der Waals surface area contributed by atoms with E-state index in [0.717, 1.165) is 36.2 Å². The first-order chi connectivity index (χ1) is 20.8. The quantitative estimate of drug-likeness (QED) is 0.211. The molecule has 0 heterocycles. The molecule has 0 aromatic heterocycles. The van der Waals surface area contributed by atoms with Gasteiger partial charge in [0.2, 0.25) is 5.78 Å². The summed E-state index contributed by atoms with van der Waals surface area (Å²) < 4.78 is 0. The number of carbonyl (C=O) groups is 2. The van der Waals surface area contributed by atoms with Crippen LogP contribution in [0.3, 0.4) is 0 Å². The van der Waals surface area contributed by atoms with Gasteiger partial charge >= 0.3 is 0 Å². The minimum Gasteiger partial charge on any atom is -0.510 e. The van der Waals surface area contributed by atoms with Gasteiger partial charge in [-0.2, -0.15) is 0 Å². The summed E-state index contributed by atoms with van der Waals surface area (Å²) in [6.45, 7) is 2.54. The van der Waals surface area contributed by atoms with Gasteiger partial charge in [0, 0.05) is 18.0 Å². The number of benzene rings is 2. The molecule has 44 heavy (non-hydrogen) atoms. The highest BCUT2D eigenvalue weighted by Gasteiger charge is 2.63. The Hall–Kier alpha value is -4.03. The minimum atomic E-state index is -2.51. The van der Waals surface area contributed by atoms with Crippen LogP contribution in [-0.2, 0) is 22.6 Å². The number of Topliss-reactive ketones (excluding diaryl/α,β-unsaturated/α-hetero) is 1. The second kappa shape index (κ2) is 11.8. The van der Waals surface area contributed by atoms with Crippen LogP contribution in [0, 0.1) is 17.2 Å². The second-order valence-corrected chi connectivity index (χ2v) is 12.5. The number of carbonyl (C=O) groups excluding carboxylic acids is 2. The number of phenols is 1. The van der Waals surface area contributed by atoms with E-state index in [-0.39, 0.29) is 29.7 Å². The van der Waals surface area contributed by atoms with Crippen LogP contribution in [0.25, 0.3) is 16.9 Å². The van der Waals surface area contributed by atoms with E-state index in [9.17, 15) is 30.0 Å². The summed E-state index contributed by atoms with van der Waals surface area (Å²) in [6, 6.07) is 10.3. The van der Waals surface area contributed by atoms with E-state index in [0.29, 0.717) is 12.1 Å². The summed E-state index contributed by atoms with van der Waals surface area (Å²) in [5.41, 5.74) is 4.99. The molecule has 0 bridgehead atoms. The summed E-state index contributed by atoms with van der Waals surface area (Å²) in [6.07, 6.45) is 1.41. The molecule has 4 atom stereocenters. The summed E-state index contributed by atoms with van der Waals surface area (Å²) >= 11 is 0. The molecule has 1 amide bonds. The first kappa shape index (κ1) is 31.4. The van der Waals surface area contributed by atoms with Crippen molar-refractivity contribution in [3.63, 3.8) is 0 Å². The third-order valence-electron chi connectivity index (χ3n) is 9.18. The van der Waals surface area contributed by atoms with Crippen molar-refractivity contribution < 1.29 is 30.0 Å². The Kier molecular flexibility index (Phi) is 8.43. The zero-order valence-electron chi connectivity index (χ0n) is 25.5. The SMILES string of the molecule is CN(C)CCCNCc1cccc(-c2ccc(O)c3c2C[C@H]2C[C@H]4[C@H](N(C)C)C(O)=C(C(N)=O)C(=N)[C@@]4(O)C(=O)C2=C3O)c1. The lowest BCUT2D eigenvalue weighted by atomic mass is 9.56. The van der Waals surface area contributed by atoms with Gasteiger partial charge in [-0.25, -0.2) is 0 Å². The number of hydrogen-bond acceptors (Lipinski definition) is 10. The zero-order chi connectivity index (χ0) is 32.1. The number of aromatic hydroxyl groups is 1. The number of hydrogen-bond donors (Lipinski definition) is 7. The molecular weight excluding hydrogens is 562 g/mol. The Bertz CT molecular complexity index is 1590. The molecular formula is C33H41N5O6. The maximum absolute atomic E-state index is 14.1. The molecule has 2 aromatic rings. The van der Waals surface area contributed by atoms with Gasteiger partial charge in [-0.05, 0) is 101 Å². The summed E-state index contributed by atoms with van der Waals surface area (Å²) in [5, 5.41) is 57.5. The van der Waals surface area contributed by atoms with Crippen LogP contribution >= 0.6 is 0 Å². The van der Waals surface area contributed by atoms with Crippen molar-refractivity contribution in [2.75, 3.05) is 41.3 Å². The van der Waals surface area contributed by atoms with E-state index in [1.54, 1.807) is 25.1 Å². The lowest BCUT2D eigenvalue weighted by molar-refractivity contribution is -0.138. The Morgan fingerprint density at radius 3 is 2.52 bits per heavy atom. The molecule has 3 aliphatic carbocycles. The van der Waals surface area contributed by atoms with Crippen molar-refractivity contribution in [3.8, 4) is 16.9 Å². The molecule has 0 saturated heterocycles. The van der Waals surface area contributed by atoms with Crippen molar-refractivity contribution in [2.24, 2.45) is 17.6 Å². The highest BCUT2D eigenvalue weighted by molar-refractivity contribution is 6.34. The van der Waals surface area contributed by atoms with Gasteiger partial charge in [0.1, 0.15) is 22.8 Å². The fraction of sp³-hybridized carbons (Fsp3) is 0.424. The van der Waals surface area contributed by atoms with E-state index in [4.69, 9.17) is 11.1 Å². The summed E-state index contributed by atoms with van der Waals surface area (Å²) in [4.78, 5) is 30.1. The average Bonchev–Trinajstić information content (AvgIpc) is 2.94. The topological polar surface area (TPSA) is 183 Å². The van der Waals surface area contributed by atoms with E-state index >= 15 is 0 Å². The Morgan fingerprint density at radius 1 is 1.14 bits per heavy atom. The van der Waals surface area contributed by atoms with Crippen LogP contribution in [0.2, 0.25) is 0 Å². The van der Waals surface area contributed by atoms with Crippen LogP contribution in [-0.4, -0.2) is 101 Å². The van der Waals surface area contributed by atoms with Crippen LogP contribution in [0.5, 0.6) is 5.75 Å². The maximum atomic E-state index is 14.1. The first-order valence-corrected chi connectivity index (χ1v) is 14.8. The number of aliphatic hydroxyl groups excluding tert-OH is 2. The second-order valence-electron chi connectivity index (χ2n) is 12.5. The predicted octanol–water partition coefficient (Wildman–Crippen LogP) is 2.12. The van der Waals surface area contributed by atoms with Crippen molar-refractivity contribution >= 4 is 23.2 Å². The fourth-order valence-corrected chi connectivity index (χ4v) is 7.17. The molecule has 11 nitrogen and oxygen atoms in total. The van der Waals surface area contributed by atoms with Crippen LogP contribution < -0.4 is 11.1 Å². The van der Waals surface area contributed by atoms with E-state index in [1.807, 2.05) is 32.3 Å². The number of nitrogens with two attached hydrogens (primary N) is 1. The molecule has 0 radical (unpaired) electrons. The van der Waals surface area contributed by atoms with Gasteiger partial charge < -0.3 is 41.8 Å². The molecule has 0 spiro atoms. The normalized spacial score (nSPS) is 24.9. The molecule has 8 N–H and O–H groups in total. The molecule has 1 saturated carbocycles. The van der Waals surface area contributed by atoms with Crippen molar-refractivity contribution in [3.05, 3.63) is 70.0 Å². The third kappa shape index (κ3) is 5.09. The van der Waals surface area contributed by atoms with Gasteiger partial charge in [-0.3, -0.25) is 14.5 Å². The molecule has 5 rings (SSSR count). The van der Waals surface area contributed by atoms with Gasteiger partial charge in [0.05, 0.1) is 17.3 Å². The maximum Gasteiger partial charge on any atom is 0.254 e. The highest BCUT2D eigenvalue weighted by Crippen LogP contribution is 2.53. The molecule has 11 heteroatoms. The molecule has 2 aromatic carbocycles. The fourth-order valence-electron chi connectivity index (χ4n) is 7.17. The average molecular weight is 604 g/mol. The lowest BCUT2D eigenvalue weighted by Gasteiger charge is -2.51. The van der Waals surface area contributed by atoms with Crippen molar-refractivity contribution in [1.82, 2.24) is 15.1 Å². The monoisotopic (exact) mass is 603 g/mol. The number of phenolic OH excluding ortho intramolecular Hbond substituents is 1. The molecule has 1 fully saturated rings. The minimum absolute atomic E-state index is 0.105.